The molecule has 0 aliphatic rings. The van der Waals surface area contributed by atoms with Gasteiger partial charge in [0.15, 0.2) is 5.82 Å². The second kappa shape index (κ2) is 4.11. The molecule has 0 amide bonds. The van der Waals surface area contributed by atoms with Crippen molar-refractivity contribution in [2.45, 2.75) is 26.2 Å². The molecule has 0 atom stereocenters. The van der Waals surface area contributed by atoms with Gasteiger partial charge < -0.3 is 0 Å². The molecule has 17 heavy (non-hydrogen) atoms. The van der Waals surface area contributed by atoms with Crippen LogP contribution in [-0.2, 0) is 5.41 Å². The zero-order valence-corrected chi connectivity index (χ0v) is 11.3. The fourth-order valence-electron chi connectivity index (χ4n) is 1.58. The van der Waals surface area contributed by atoms with Gasteiger partial charge in [-0.05, 0) is 18.2 Å². The average Bonchev–Trinajstić information content (AvgIpc) is 2.22. The number of nitrogens with zero attached hydrogens (tertiary/aromatic N) is 1. The molecular formula is C13H12Cl2FN. The van der Waals surface area contributed by atoms with Crippen LogP contribution in [0.4, 0.5) is 4.39 Å². The Morgan fingerprint density at radius 3 is 2.35 bits per heavy atom. The minimum atomic E-state index is -0.517. The molecule has 1 aromatic heterocycles. The molecule has 90 valence electrons. The fraction of sp³-hybridized carbons (Fsp3) is 0.308. The maximum Gasteiger partial charge on any atom is 0.168 e. The highest BCUT2D eigenvalue weighted by atomic mass is 35.5. The molecule has 4 heteroatoms. The lowest BCUT2D eigenvalue weighted by Crippen LogP contribution is -2.13. The first kappa shape index (κ1) is 12.6. The molecule has 0 bridgehead atoms. The Labute approximate surface area is 110 Å². The van der Waals surface area contributed by atoms with E-state index in [1.54, 1.807) is 12.1 Å². The van der Waals surface area contributed by atoms with Crippen LogP contribution in [0.1, 0.15) is 26.5 Å². The van der Waals surface area contributed by atoms with E-state index in [2.05, 4.69) is 4.98 Å². The number of hydrogen-bond donors (Lipinski definition) is 0. The quantitative estimate of drug-likeness (QED) is 0.659. The molecule has 0 saturated carbocycles. The van der Waals surface area contributed by atoms with Crippen LogP contribution >= 0.6 is 23.2 Å². The molecule has 2 aromatic rings. The summed E-state index contributed by atoms with van der Waals surface area (Å²) in [7, 11) is 0. The summed E-state index contributed by atoms with van der Waals surface area (Å²) in [6.07, 6.45) is 0. The van der Waals surface area contributed by atoms with Gasteiger partial charge in [0.1, 0.15) is 5.52 Å². The summed E-state index contributed by atoms with van der Waals surface area (Å²) in [5.41, 5.74) is 0.790. The average molecular weight is 272 g/mol. The summed E-state index contributed by atoms with van der Waals surface area (Å²) in [5, 5.41) is 1.14. The Hall–Kier alpha value is -0.860. The summed E-state index contributed by atoms with van der Waals surface area (Å²) in [6, 6.07) is 4.95. The Balaban J connectivity index is 2.84. The molecule has 0 aliphatic carbocycles. The van der Waals surface area contributed by atoms with E-state index in [1.165, 1.54) is 6.07 Å². The summed E-state index contributed by atoms with van der Waals surface area (Å²) in [6.45, 7) is 6.00. The molecule has 0 radical (unpaired) electrons. The van der Waals surface area contributed by atoms with Gasteiger partial charge in [0.25, 0.3) is 0 Å². The predicted octanol–water partition coefficient (Wildman–Crippen LogP) is 4.98. The Kier molecular flexibility index (Phi) is 3.04. The molecular weight excluding hydrogens is 260 g/mol. The number of hydrogen-bond acceptors (Lipinski definition) is 1. The number of halogens is 3. The molecule has 1 heterocycles. The van der Waals surface area contributed by atoms with E-state index < -0.39 is 5.82 Å². The molecule has 0 unspecified atom stereocenters. The second-order valence-electron chi connectivity index (χ2n) is 5.00. The zero-order valence-electron chi connectivity index (χ0n) is 9.81. The van der Waals surface area contributed by atoms with Crippen molar-refractivity contribution in [3.63, 3.8) is 0 Å². The first-order chi connectivity index (χ1) is 7.80. The maximum absolute atomic E-state index is 13.9. The van der Waals surface area contributed by atoms with Gasteiger partial charge in [-0.3, -0.25) is 0 Å². The van der Waals surface area contributed by atoms with Gasteiger partial charge in [-0.2, -0.15) is 0 Å². The highest BCUT2D eigenvalue weighted by molar-refractivity contribution is 6.36. The summed E-state index contributed by atoms with van der Waals surface area (Å²) in [5.74, 6) is -0.517. The number of aromatic nitrogens is 1. The molecule has 1 nitrogen and oxygen atoms in total. The fourth-order valence-corrected chi connectivity index (χ4v) is 1.99. The number of benzene rings is 1. The van der Waals surface area contributed by atoms with Crippen LogP contribution in [0.15, 0.2) is 18.2 Å². The molecule has 0 N–H and O–H groups in total. The van der Waals surface area contributed by atoms with E-state index in [-0.39, 0.29) is 16.0 Å². The van der Waals surface area contributed by atoms with Crippen molar-refractivity contribution in [2.24, 2.45) is 0 Å². The minimum Gasteiger partial charge on any atom is -0.249 e. The zero-order chi connectivity index (χ0) is 12.8. The molecule has 0 aliphatic heterocycles. The minimum absolute atomic E-state index is 0.0622. The van der Waals surface area contributed by atoms with Crippen LogP contribution in [0.3, 0.4) is 0 Å². The Morgan fingerprint density at radius 1 is 1.12 bits per heavy atom. The van der Waals surface area contributed by atoms with Gasteiger partial charge in [-0.1, -0.05) is 44.0 Å². The van der Waals surface area contributed by atoms with E-state index >= 15 is 0 Å². The molecule has 0 spiro atoms. The third kappa shape index (κ3) is 2.24. The van der Waals surface area contributed by atoms with Crippen molar-refractivity contribution in [2.75, 3.05) is 0 Å². The van der Waals surface area contributed by atoms with Crippen LogP contribution in [0, 0.1) is 5.82 Å². The van der Waals surface area contributed by atoms with Crippen LogP contribution in [0.2, 0.25) is 10.0 Å². The molecule has 0 saturated heterocycles. The number of rotatable bonds is 0. The topological polar surface area (TPSA) is 12.9 Å². The monoisotopic (exact) mass is 271 g/mol. The normalized spacial score (nSPS) is 12.1. The van der Waals surface area contributed by atoms with Crippen molar-refractivity contribution in [1.82, 2.24) is 4.98 Å². The summed E-state index contributed by atoms with van der Waals surface area (Å²) in [4.78, 5) is 4.32. The van der Waals surface area contributed by atoms with E-state index in [4.69, 9.17) is 23.2 Å². The second-order valence-corrected chi connectivity index (χ2v) is 5.81. The number of pyridine rings is 1. The molecule has 0 fully saturated rings. The van der Waals surface area contributed by atoms with E-state index in [1.807, 2.05) is 20.8 Å². The standard InChI is InChI=1S/C13H12Cl2FN/c1-13(2,3)10-6-9(15)7-4-5-8(14)11(16)12(7)17-10/h4-6H,1-3H3. The van der Waals surface area contributed by atoms with Gasteiger partial charge in [0, 0.05) is 16.5 Å². The highest BCUT2D eigenvalue weighted by Crippen LogP contribution is 2.32. The van der Waals surface area contributed by atoms with Crippen molar-refractivity contribution in [3.05, 3.63) is 39.8 Å². The Bertz CT molecular complexity index is 588. The predicted molar refractivity (Wildman–Crippen MR) is 70.4 cm³/mol. The van der Waals surface area contributed by atoms with Gasteiger partial charge in [0.2, 0.25) is 0 Å². The lowest BCUT2D eigenvalue weighted by molar-refractivity contribution is 0.569. The van der Waals surface area contributed by atoms with Gasteiger partial charge in [0.05, 0.1) is 10.0 Å². The summed E-state index contributed by atoms with van der Waals surface area (Å²) < 4.78 is 13.9. The van der Waals surface area contributed by atoms with Crippen LogP contribution in [0.25, 0.3) is 10.9 Å². The highest BCUT2D eigenvalue weighted by Gasteiger charge is 2.19. The van der Waals surface area contributed by atoms with Crippen molar-refractivity contribution < 1.29 is 4.39 Å². The van der Waals surface area contributed by atoms with Crippen LogP contribution < -0.4 is 0 Å². The number of fused-ring (bicyclic) bond motifs is 1. The lowest BCUT2D eigenvalue weighted by Gasteiger charge is -2.19. The SMILES string of the molecule is CC(C)(C)c1cc(Cl)c2ccc(Cl)c(F)c2n1. The molecule has 1 aromatic carbocycles. The maximum atomic E-state index is 13.9. The smallest absolute Gasteiger partial charge is 0.168 e. The summed E-state index contributed by atoms with van der Waals surface area (Å²) >= 11 is 11.9. The Morgan fingerprint density at radius 2 is 1.76 bits per heavy atom. The van der Waals surface area contributed by atoms with Crippen molar-refractivity contribution in [1.29, 1.82) is 0 Å². The van der Waals surface area contributed by atoms with E-state index in [9.17, 15) is 4.39 Å². The van der Waals surface area contributed by atoms with Gasteiger partial charge >= 0.3 is 0 Å². The third-order valence-electron chi connectivity index (χ3n) is 2.59. The first-order valence-electron chi connectivity index (χ1n) is 5.25. The van der Waals surface area contributed by atoms with Crippen LogP contribution in [0.5, 0.6) is 0 Å². The molecule has 2 rings (SSSR count). The van der Waals surface area contributed by atoms with E-state index in [0.717, 1.165) is 5.69 Å². The lowest BCUT2D eigenvalue weighted by atomic mass is 9.91. The van der Waals surface area contributed by atoms with Crippen molar-refractivity contribution >= 4 is 34.1 Å². The third-order valence-corrected chi connectivity index (χ3v) is 3.20. The largest absolute Gasteiger partial charge is 0.249 e. The van der Waals surface area contributed by atoms with Crippen LogP contribution in [-0.4, -0.2) is 4.98 Å². The van der Waals surface area contributed by atoms with Gasteiger partial charge in [-0.15, -0.1) is 0 Å². The van der Waals surface area contributed by atoms with E-state index in [0.29, 0.717) is 10.4 Å². The van der Waals surface area contributed by atoms with Crippen molar-refractivity contribution in [3.8, 4) is 0 Å². The first-order valence-corrected chi connectivity index (χ1v) is 6.01. The van der Waals surface area contributed by atoms with Gasteiger partial charge in [-0.25, -0.2) is 9.37 Å².